The molecular formula is C18H26N2O3. The van der Waals surface area contributed by atoms with E-state index in [4.69, 9.17) is 4.74 Å². The normalized spacial score (nSPS) is 28.0. The van der Waals surface area contributed by atoms with Crippen molar-refractivity contribution in [2.75, 3.05) is 13.2 Å². The molecule has 5 heteroatoms. The van der Waals surface area contributed by atoms with Gasteiger partial charge in [0.15, 0.2) is 0 Å². The monoisotopic (exact) mass is 318 g/mol. The Morgan fingerprint density at radius 1 is 1.26 bits per heavy atom. The van der Waals surface area contributed by atoms with Gasteiger partial charge in [-0.2, -0.15) is 0 Å². The van der Waals surface area contributed by atoms with Crippen molar-refractivity contribution in [3.05, 3.63) is 35.9 Å². The number of rotatable bonds is 5. The van der Waals surface area contributed by atoms with Gasteiger partial charge in [-0.05, 0) is 37.7 Å². The van der Waals surface area contributed by atoms with Gasteiger partial charge in [-0.15, -0.1) is 0 Å². The summed E-state index contributed by atoms with van der Waals surface area (Å²) in [5.74, 6) is 0.462. The van der Waals surface area contributed by atoms with Gasteiger partial charge in [-0.25, -0.2) is 4.79 Å². The van der Waals surface area contributed by atoms with Gasteiger partial charge in [0.05, 0.1) is 12.2 Å². The Labute approximate surface area is 137 Å². The number of urea groups is 1. The fraction of sp³-hybridized carbons (Fsp3) is 0.611. The minimum absolute atomic E-state index is 0.136. The van der Waals surface area contributed by atoms with E-state index in [2.05, 4.69) is 10.6 Å². The molecule has 4 unspecified atom stereocenters. The Bertz CT molecular complexity index is 508. The number of carbonyl (C=O) groups is 1. The standard InChI is InChI=1S/C18H26N2O3/c21-16(13-5-2-1-3-6-13)9-11-19-18(22)20-15-7-4-8-17-14(15)10-12-23-17/h1-3,5-6,14-17,21H,4,7-12H2,(H2,19,20,22). The van der Waals surface area contributed by atoms with E-state index in [-0.39, 0.29) is 12.1 Å². The summed E-state index contributed by atoms with van der Waals surface area (Å²) < 4.78 is 5.73. The van der Waals surface area contributed by atoms with E-state index < -0.39 is 6.10 Å². The first-order valence-corrected chi connectivity index (χ1v) is 8.63. The molecule has 0 bridgehead atoms. The van der Waals surface area contributed by atoms with Crippen molar-refractivity contribution < 1.29 is 14.6 Å². The van der Waals surface area contributed by atoms with Gasteiger partial charge in [-0.3, -0.25) is 0 Å². The molecule has 0 aromatic heterocycles. The quantitative estimate of drug-likeness (QED) is 0.780. The number of amides is 2. The largest absolute Gasteiger partial charge is 0.388 e. The van der Waals surface area contributed by atoms with Crippen LogP contribution in [0.15, 0.2) is 30.3 Å². The Balaban J connectivity index is 1.39. The van der Waals surface area contributed by atoms with E-state index in [1.165, 1.54) is 0 Å². The van der Waals surface area contributed by atoms with Crippen molar-refractivity contribution in [1.29, 1.82) is 0 Å². The third-order valence-corrected chi connectivity index (χ3v) is 4.99. The zero-order chi connectivity index (χ0) is 16.1. The lowest BCUT2D eigenvalue weighted by Gasteiger charge is -2.33. The molecule has 23 heavy (non-hydrogen) atoms. The van der Waals surface area contributed by atoms with Gasteiger partial charge in [-0.1, -0.05) is 30.3 Å². The first-order valence-electron chi connectivity index (χ1n) is 8.63. The summed E-state index contributed by atoms with van der Waals surface area (Å²) >= 11 is 0. The summed E-state index contributed by atoms with van der Waals surface area (Å²) in [4.78, 5) is 12.1. The number of aliphatic hydroxyl groups excluding tert-OH is 1. The molecule has 2 fully saturated rings. The fourth-order valence-electron chi connectivity index (χ4n) is 3.74. The van der Waals surface area contributed by atoms with Crippen molar-refractivity contribution in [3.63, 3.8) is 0 Å². The SMILES string of the molecule is O=C(NCCC(O)c1ccccc1)NC1CCCC2OCCC12. The molecule has 1 saturated heterocycles. The lowest BCUT2D eigenvalue weighted by molar-refractivity contribution is 0.0549. The molecule has 1 aromatic carbocycles. The van der Waals surface area contributed by atoms with Crippen LogP contribution < -0.4 is 10.6 Å². The van der Waals surface area contributed by atoms with E-state index in [0.717, 1.165) is 37.9 Å². The molecule has 0 spiro atoms. The predicted molar refractivity (Wildman–Crippen MR) is 88.0 cm³/mol. The lowest BCUT2D eigenvalue weighted by atomic mass is 9.82. The van der Waals surface area contributed by atoms with Crippen LogP contribution in [0, 0.1) is 5.92 Å². The smallest absolute Gasteiger partial charge is 0.315 e. The molecule has 4 atom stereocenters. The van der Waals surface area contributed by atoms with Gasteiger partial charge < -0.3 is 20.5 Å². The molecule has 2 amide bonds. The van der Waals surface area contributed by atoms with Crippen LogP contribution in [-0.4, -0.2) is 36.4 Å². The Morgan fingerprint density at radius 3 is 2.91 bits per heavy atom. The summed E-state index contributed by atoms with van der Waals surface area (Å²) in [6.45, 7) is 1.28. The van der Waals surface area contributed by atoms with Crippen LogP contribution >= 0.6 is 0 Å². The molecule has 126 valence electrons. The number of benzene rings is 1. The molecule has 1 saturated carbocycles. The summed E-state index contributed by atoms with van der Waals surface area (Å²) in [6.07, 6.45) is 4.60. The first-order chi connectivity index (χ1) is 11.2. The molecule has 5 nitrogen and oxygen atoms in total. The molecule has 3 rings (SSSR count). The molecular weight excluding hydrogens is 292 g/mol. The number of nitrogens with one attached hydrogen (secondary N) is 2. The zero-order valence-electron chi connectivity index (χ0n) is 13.4. The number of aliphatic hydroxyl groups is 1. The topological polar surface area (TPSA) is 70.6 Å². The highest BCUT2D eigenvalue weighted by Crippen LogP contribution is 2.34. The minimum atomic E-state index is -0.543. The molecule has 1 heterocycles. The number of carbonyl (C=O) groups excluding carboxylic acids is 1. The van der Waals surface area contributed by atoms with Crippen molar-refractivity contribution in [2.45, 2.75) is 50.4 Å². The third kappa shape index (κ3) is 4.24. The molecule has 1 aromatic rings. The molecule has 2 aliphatic rings. The van der Waals surface area contributed by atoms with Gasteiger partial charge in [0.2, 0.25) is 0 Å². The van der Waals surface area contributed by atoms with Crippen LogP contribution in [0.4, 0.5) is 4.79 Å². The van der Waals surface area contributed by atoms with Crippen molar-refractivity contribution in [2.24, 2.45) is 5.92 Å². The number of hydrogen-bond donors (Lipinski definition) is 3. The second-order valence-electron chi connectivity index (χ2n) is 6.51. The summed E-state index contributed by atoms with van der Waals surface area (Å²) in [5, 5.41) is 16.0. The van der Waals surface area contributed by atoms with Gasteiger partial charge in [0.25, 0.3) is 0 Å². The van der Waals surface area contributed by atoms with E-state index >= 15 is 0 Å². The average Bonchev–Trinajstić information content (AvgIpc) is 3.05. The van der Waals surface area contributed by atoms with Crippen LogP contribution in [0.25, 0.3) is 0 Å². The maximum atomic E-state index is 12.1. The highest BCUT2D eigenvalue weighted by Gasteiger charge is 2.38. The van der Waals surface area contributed by atoms with Crippen molar-refractivity contribution in [1.82, 2.24) is 10.6 Å². The van der Waals surface area contributed by atoms with E-state index in [1.807, 2.05) is 30.3 Å². The lowest BCUT2D eigenvalue weighted by Crippen LogP contribution is -2.49. The highest BCUT2D eigenvalue weighted by molar-refractivity contribution is 5.74. The van der Waals surface area contributed by atoms with E-state index in [1.54, 1.807) is 0 Å². The van der Waals surface area contributed by atoms with Crippen LogP contribution in [0.3, 0.4) is 0 Å². The first kappa shape index (κ1) is 16.3. The average molecular weight is 318 g/mol. The minimum Gasteiger partial charge on any atom is -0.388 e. The number of fused-ring (bicyclic) bond motifs is 1. The van der Waals surface area contributed by atoms with Crippen molar-refractivity contribution in [3.8, 4) is 0 Å². The predicted octanol–water partition coefficient (Wildman–Crippen LogP) is 2.37. The van der Waals surface area contributed by atoms with Crippen LogP contribution in [0.1, 0.15) is 43.8 Å². The maximum Gasteiger partial charge on any atom is 0.315 e. The Kier molecular flexibility index (Phi) is 5.51. The number of hydrogen-bond acceptors (Lipinski definition) is 3. The van der Waals surface area contributed by atoms with Crippen LogP contribution in [0.2, 0.25) is 0 Å². The van der Waals surface area contributed by atoms with E-state index in [9.17, 15) is 9.90 Å². The fourth-order valence-corrected chi connectivity index (χ4v) is 3.74. The third-order valence-electron chi connectivity index (χ3n) is 4.99. The summed E-state index contributed by atoms with van der Waals surface area (Å²) in [6, 6.07) is 9.61. The summed E-state index contributed by atoms with van der Waals surface area (Å²) in [7, 11) is 0. The highest BCUT2D eigenvalue weighted by atomic mass is 16.5. The Hall–Kier alpha value is -1.59. The van der Waals surface area contributed by atoms with E-state index in [0.29, 0.717) is 25.0 Å². The van der Waals surface area contributed by atoms with Crippen LogP contribution in [0.5, 0.6) is 0 Å². The van der Waals surface area contributed by atoms with Gasteiger partial charge in [0.1, 0.15) is 0 Å². The maximum absolute atomic E-state index is 12.1. The zero-order valence-corrected chi connectivity index (χ0v) is 13.4. The number of ether oxygens (including phenoxy) is 1. The Morgan fingerprint density at radius 2 is 2.09 bits per heavy atom. The van der Waals surface area contributed by atoms with Crippen molar-refractivity contribution >= 4 is 6.03 Å². The molecule has 1 aliphatic carbocycles. The second kappa shape index (κ2) is 7.79. The second-order valence-corrected chi connectivity index (χ2v) is 6.51. The molecule has 0 radical (unpaired) electrons. The van der Waals surface area contributed by atoms with Gasteiger partial charge in [0, 0.05) is 25.1 Å². The molecule has 1 aliphatic heterocycles. The van der Waals surface area contributed by atoms with Crippen LogP contribution in [-0.2, 0) is 4.74 Å². The summed E-state index contributed by atoms with van der Waals surface area (Å²) in [5.41, 5.74) is 0.882. The van der Waals surface area contributed by atoms with Gasteiger partial charge >= 0.3 is 6.03 Å². The molecule has 3 N–H and O–H groups in total.